The van der Waals surface area contributed by atoms with Crippen LogP contribution in [0.2, 0.25) is 0 Å². The van der Waals surface area contributed by atoms with Crippen molar-refractivity contribution in [2.24, 2.45) is 0 Å². The average molecular weight is 270 g/mol. The molecule has 1 aromatic carbocycles. The third-order valence-electron chi connectivity index (χ3n) is 3.51. The van der Waals surface area contributed by atoms with Crippen LogP contribution in [0.5, 0.6) is 0 Å². The molecule has 0 saturated heterocycles. The normalized spacial score (nSPS) is 13.1. The molecule has 6 nitrogen and oxygen atoms in total. The molecule has 0 spiro atoms. The number of hydrogen-bond acceptors (Lipinski definition) is 5. The van der Waals surface area contributed by atoms with Gasteiger partial charge in [-0.25, -0.2) is 9.97 Å². The molecule has 2 aromatic rings. The SMILES string of the molecule is CNc1nc(-c2ccccc2[N+](=O)[O-])nc2c1CCC2. The highest BCUT2D eigenvalue weighted by Gasteiger charge is 2.22. The molecule has 1 N–H and O–H groups in total. The van der Waals surface area contributed by atoms with Gasteiger partial charge in [0.05, 0.1) is 10.5 Å². The summed E-state index contributed by atoms with van der Waals surface area (Å²) in [6, 6.07) is 6.57. The Balaban J connectivity index is 2.19. The third-order valence-corrected chi connectivity index (χ3v) is 3.51. The van der Waals surface area contributed by atoms with E-state index in [4.69, 9.17) is 0 Å². The monoisotopic (exact) mass is 270 g/mol. The van der Waals surface area contributed by atoms with Crippen molar-refractivity contribution in [3.8, 4) is 11.4 Å². The van der Waals surface area contributed by atoms with E-state index in [0.717, 1.165) is 36.3 Å². The third kappa shape index (κ3) is 1.99. The van der Waals surface area contributed by atoms with Crippen LogP contribution in [0.3, 0.4) is 0 Å². The summed E-state index contributed by atoms with van der Waals surface area (Å²) >= 11 is 0. The molecule has 0 bridgehead atoms. The summed E-state index contributed by atoms with van der Waals surface area (Å²) in [6.45, 7) is 0. The molecule has 1 aliphatic rings. The summed E-state index contributed by atoms with van der Waals surface area (Å²) in [5.74, 6) is 1.20. The van der Waals surface area contributed by atoms with Gasteiger partial charge in [0, 0.05) is 24.4 Å². The number of nitrogens with one attached hydrogen (secondary N) is 1. The number of hydrogen-bond donors (Lipinski definition) is 1. The largest absolute Gasteiger partial charge is 0.373 e. The summed E-state index contributed by atoms with van der Waals surface area (Å²) in [7, 11) is 1.81. The summed E-state index contributed by atoms with van der Waals surface area (Å²) in [4.78, 5) is 19.7. The molecule has 0 saturated carbocycles. The van der Waals surface area contributed by atoms with Crippen LogP contribution in [-0.4, -0.2) is 21.9 Å². The van der Waals surface area contributed by atoms with Crippen LogP contribution in [0, 0.1) is 10.1 Å². The van der Waals surface area contributed by atoms with Gasteiger partial charge in [-0.15, -0.1) is 0 Å². The molecule has 1 heterocycles. The Morgan fingerprint density at radius 1 is 1.25 bits per heavy atom. The van der Waals surface area contributed by atoms with Crippen LogP contribution in [0.25, 0.3) is 11.4 Å². The van der Waals surface area contributed by atoms with Crippen LogP contribution in [0.15, 0.2) is 24.3 Å². The van der Waals surface area contributed by atoms with Crippen LogP contribution in [0.1, 0.15) is 17.7 Å². The number of para-hydroxylation sites is 1. The first kappa shape index (κ1) is 12.5. The van der Waals surface area contributed by atoms with Crippen molar-refractivity contribution in [3.63, 3.8) is 0 Å². The van der Waals surface area contributed by atoms with Gasteiger partial charge < -0.3 is 5.32 Å². The Morgan fingerprint density at radius 2 is 2.05 bits per heavy atom. The topological polar surface area (TPSA) is 81.0 Å². The van der Waals surface area contributed by atoms with Gasteiger partial charge in [-0.1, -0.05) is 12.1 Å². The highest BCUT2D eigenvalue weighted by atomic mass is 16.6. The van der Waals surface area contributed by atoms with Crippen molar-refractivity contribution in [1.29, 1.82) is 0 Å². The van der Waals surface area contributed by atoms with Crippen molar-refractivity contribution >= 4 is 11.5 Å². The zero-order chi connectivity index (χ0) is 14.1. The standard InChI is InChI=1S/C14H14N4O2/c1-15-13-9-6-4-7-11(9)16-14(17-13)10-5-2-3-8-12(10)18(19)20/h2-3,5,8H,4,6-7H2,1H3,(H,15,16,17). The second kappa shape index (κ2) is 4.88. The molecule has 0 atom stereocenters. The van der Waals surface area contributed by atoms with Crippen molar-refractivity contribution in [3.05, 3.63) is 45.6 Å². The number of nitrogens with zero attached hydrogens (tertiary/aromatic N) is 3. The Bertz CT molecular complexity index is 685. The second-order valence-electron chi connectivity index (χ2n) is 4.70. The van der Waals surface area contributed by atoms with Crippen LogP contribution in [-0.2, 0) is 12.8 Å². The number of aryl methyl sites for hydroxylation is 1. The van der Waals surface area contributed by atoms with Crippen molar-refractivity contribution in [2.45, 2.75) is 19.3 Å². The first-order valence-corrected chi connectivity index (χ1v) is 6.52. The fraction of sp³-hybridized carbons (Fsp3) is 0.286. The average Bonchev–Trinajstić information content (AvgIpc) is 2.94. The van der Waals surface area contributed by atoms with Crippen molar-refractivity contribution < 1.29 is 4.92 Å². The van der Waals surface area contributed by atoms with Gasteiger partial charge in [0.15, 0.2) is 5.82 Å². The number of rotatable bonds is 3. The Hall–Kier alpha value is -2.50. The van der Waals surface area contributed by atoms with Crippen molar-refractivity contribution in [1.82, 2.24) is 9.97 Å². The van der Waals surface area contributed by atoms with Gasteiger partial charge in [0.2, 0.25) is 0 Å². The van der Waals surface area contributed by atoms with Gasteiger partial charge in [-0.05, 0) is 25.3 Å². The van der Waals surface area contributed by atoms with E-state index < -0.39 is 4.92 Å². The maximum atomic E-state index is 11.1. The van der Waals surface area contributed by atoms with Gasteiger partial charge in [-0.3, -0.25) is 10.1 Å². The van der Waals surface area contributed by atoms with E-state index in [-0.39, 0.29) is 5.69 Å². The molecule has 1 aromatic heterocycles. The van der Waals surface area contributed by atoms with Gasteiger partial charge in [-0.2, -0.15) is 0 Å². The van der Waals surface area contributed by atoms with Gasteiger partial charge in [0.1, 0.15) is 5.82 Å². The maximum absolute atomic E-state index is 11.1. The highest BCUT2D eigenvalue weighted by molar-refractivity contribution is 5.69. The molecule has 0 unspecified atom stereocenters. The smallest absolute Gasteiger partial charge is 0.280 e. The summed E-state index contributed by atoms with van der Waals surface area (Å²) in [6.07, 6.45) is 2.92. The first-order chi connectivity index (χ1) is 9.70. The Labute approximate surface area is 116 Å². The van der Waals surface area contributed by atoms with E-state index in [1.165, 1.54) is 6.07 Å². The van der Waals surface area contributed by atoms with E-state index in [2.05, 4.69) is 15.3 Å². The lowest BCUT2D eigenvalue weighted by molar-refractivity contribution is -0.384. The molecule has 0 aliphatic heterocycles. The summed E-state index contributed by atoms with van der Waals surface area (Å²) < 4.78 is 0. The van der Waals surface area contributed by atoms with Crippen LogP contribution in [0.4, 0.5) is 11.5 Å². The Kier molecular flexibility index (Phi) is 3.06. The van der Waals surface area contributed by atoms with E-state index >= 15 is 0 Å². The van der Waals surface area contributed by atoms with E-state index in [1.54, 1.807) is 18.2 Å². The zero-order valence-corrected chi connectivity index (χ0v) is 11.1. The van der Waals surface area contributed by atoms with Crippen LogP contribution < -0.4 is 5.32 Å². The number of aromatic nitrogens is 2. The molecule has 20 heavy (non-hydrogen) atoms. The lowest BCUT2D eigenvalue weighted by atomic mass is 10.1. The molecule has 102 valence electrons. The number of nitro benzene ring substituents is 1. The van der Waals surface area contributed by atoms with E-state index in [0.29, 0.717) is 11.4 Å². The molecule has 0 radical (unpaired) electrons. The zero-order valence-electron chi connectivity index (χ0n) is 11.1. The molecule has 6 heteroatoms. The minimum absolute atomic E-state index is 0.0347. The van der Waals surface area contributed by atoms with Crippen LogP contribution >= 0.6 is 0 Å². The summed E-state index contributed by atoms with van der Waals surface area (Å²) in [5.41, 5.74) is 2.63. The van der Waals surface area contributed by atoms with E-state index in [1.807, 2.05) is 7.05 Å². The fourth-order valence-corrected chi connectivity index (χ4v) is 2.58. The van der Waals surface area contributed by atoms with Gasteiger partial charge >= 0.3 is 0 Å². The Morgan fingerprint density at radius 3 is 2.80 bits per heavy atom. The molecular weight excluding hydrogens is 256 g/mol. The number of benzene rings is 1. The number of anilines is 1. The predicted molar refractivity (Wildman–Crippen MR) is 75.7 cm³/mol. The maximum Gasteiger partial charge on any atom is 0.280 e. The molecule has 1 aliphatic carbocycles. The molecular formula is C14H14N4O2. The predicted octanol–water partition coefficient (Wildman–Crippen LogP) is 2.58. The lowest BCUT2D eigenvalue weighted by Gasteiger charge is -2.09. The minimum Gasteiger partial charge on any atom is -0.373 e. The fourth-order valence-electron chi connectivity index (χ4n) is 2.58. The van der Waals surface area contributed by atoms with Crippen molar-refractivity contribution in [2.75, 3.05) is 12.4 Å². The van der Waals surface area contributed by atoms with Gasteiger partial charge in [0.25, 0.3) is 5.69 Å². The lowest BCUT2D eigenvalue weighted by Crippen LogP contribution is -2.04. The highest BCUT2D eigenvalue weighted by Crippen LogP contribution is 2.32. The summed E-state index contributed by atoms with van der Waals surface area (Å²) in [5, 5.41) is 14.2. The molecule has 3 rings (SSSR count). The molecule has 0 fully saturated rings. The number of nitro groups is 1. The quantitative estimate of drug-likeness (QED) is 0.684. The number of fused-ring (bicyclic) bond motifs is 1. The first-order valence-electron chi connectivity index (χ1n) is 6.52. The minimum atomic E-state index is -0.398. The molecule has 0 amide bonds. The van der Waals surface area contributed by atoms with E-state index in [9.17, 15) is 10.1 Å². The second-order valence-corrected chi connectivity index (χ2v) is 4.70.